The zero-order chi connectivity index (χ0) is 13.7. The lowest BCUT2D eigenvalue weighted by molar-refractivity contribution is 0.538. The number of hydrogen-bond donors (Lipinski definition) is 2. The van der Waals surface area contributed by atoms with Crippen LogP contribution in [0.25, 0.3) is 0 Å². The molecule has 0 radical (unpaired) electrons. The molecule has 1 aromatic heterocycles. The topological polar surface area (TPSA) is 50.9 Å². The molecule has 4 heteroatoms. The maximum Gasteiger partial charge on any atom is 0.0672 e. The third kappa shape index (κ3) is 3.86. The highest BCUT2D eigenvalue weighted by Gasteiger charge is 2.11. The van der Waals surface area contributed by atoms with Gasteiger partial charge in [-0.2, -0.15) is 0 Å². The van der Waals surface area contributed by atoms with Gasteiger partial charge >= 0.3 is 0 Å². The Balaban J connectivity index is 2.11. The number of halogens is 1. The molecule has 0 amide bonds. The number of nitrogens with two attached hydrogens (primary N) is 1. The van der Waals surface area contributed by atoms with Crippen molar-refractivity contribution in [1.29, 1.82) is 0 Å². The fourth-order valence-electron chi connectivity index (χ4n) is 1.99. The summed E-state index contributed by atoms with van der Waals surface area (Å²) in [6, 6.07) is 12.6. The number of hydrogen-bond acceptors (Lipinski definition) is 3. The largest absolute Gasteiger partial charge is 0.271 e. The van der Waals surface area contributed by atoms with Crippen molar-refractivity contribution in [2.45, 2.75) is 25.8 Å². The van der Waals surface area contributed by atoms with E-state index in [2.05, 4.69) is 57.5 Å². The van der Waals surface area contributed by atoms with Crippen molar-refractivity contribution in [3.63, 3.8) is 0 Å². The minimum atomic E-state index is 0.0283. The number of aromatic nitrogens is 1. The highest BCUT2D eigenvalue weighted by molar-refractivity contribution is 9.10. The molecular weight excluding hydrogens is 302 g/mol. The van der Waals surface area contributed by atoms with Crippen LogP contribution in [0.2, 0.25) is 0 Å². The Morgan fingerprint density at radius 1 is 1.16 bits per heavy atom. The number of nitrogens with one attached hydrogen (secondary N) is 1. The molecule has 0 spiro atoms. The molecule has 0 aliphatic rings. The van der Waals surface area contributed by atoms with E-state index in [-0.39, 0.29) is 6.04 Å². The Hall–Kier alpha value is -1.23. The van der Waals surface area contributed by atoms with Crippen LogP contribution in [0.5, 0.6) is 0 Å². The molecule has 3 nitrogen and oxygen atoms in total. The van der Waals surface area contributed by atoms with Crippen molar-refractivity contribution in [2.24, 2.45) is 5.84 Å². The van der Waals surface area contributed by atoms with Gasteiger partial charge in [-0.25, -0.2) is 0 Å². The lowest BCUT2D eigenvalue weighted by Gasteiger charge is -2.15. The molecule has 3 N–H and O–H groups in total. The van der Waals surface area contributed by atoms with E-state index >= 15 is 0 Å². The van der Waals surface area contributed by atoms with Crippen molar-refractivity contribution < 1.29 is 0 Å². The molecule has 2 aromatic rings. The first-order valence-corrected chi connectivity index (χ1v) is 7.17. The van der Waals surface area contributed by atoms with Crippen molar-refractivity contribution >= 4 is 15.9 Å². The average Bonchev–Trinajstić information content (AvgIpc) is 2.46. The van der Waals surface area contributed by atoms with Crippen molar-refractivity contribution in [3.8, 4) is 0 Å². The van der Waals surface area contributed by atoms with Crippen LogP contribution in [0.15, 0.2) is 47.1 Å². The highest BCUT2D eigenvalue weighted by atomic mass is 79.9. The molecule has 0 fully saturated rings. The highest BCUT2D eigenvalue weighted by Crippen LogP contribution is 2.18. The third-order valence-electron chi connectivity index (χ3n) is 3.18. The van der Waals surface area contributed by atoms with Crippen LogP contribution < -0.4 is 11.3 Å². The van der Waals surface area contributed by atoms with E-state index in [1.807, 2.05) is 12.1 Å². The summed E-state index contributed by atoms with van der Waals surface area (Å²) in [6.07, 6.45) is 3.68. The number of benzene rings is 1. The van der Waals surface area contributed by atoms with Crippen LogP contribution in [0.4, 0.5) is 0 Å². The summed E-state index contributed by atoms with van der Waals surface area (Å²) in [5.41, 5.74) is 6.39. The lowest BCUT2D eigenvalue weighted by atomic mass is 10.0. The molecule has 0 aliphatic heterocycles. The predicted molar refractivity (Wildman–Crippen MR) is 81.5 cm³/mol. The number of rotatable bonds is 5. The Labute approximate surface area is 122 Å². The maximum atomic E-state index is 5.65. The van der Waals surface area contributed by atoms with E-state index in [0.717, 1.165) is 23.0 Å². The number of hydrazine groups is 1. The molecule has 1 aromatic carbocycles. The summed E-state index contributed by atoms with van der Waals surface area (Å²) in [5, 5.41) is 0. The van der Waals surface area contributed by atoms with Crippen LogP contribution in [0.3, 0.4) is 0 Å². The van der Waals surface area contributed by atoms with Crippen molar-refractivity contribution in [1.82, 2.24) is 10.4 Å². The van der Waals surface area contributed by atoms with E-state index in [4.69, 9.17) is 5.84 Å². The van der Waals surface area contributed by atoms with Gasteiger partial charge in [0.2, 0.25) is 0 Å². The normalized spacial score (nSPS) is 12.4. The molecule has 0 aliphatic carbocycles. The Bertz CT molecular complexity index is 508. The van der Waals surface area contributed by atoms with Crippen LogP contribution in [-0.4, -0.2) is 4.98 Å². The number of pyridine rings is 1. The van der Waals surface area contributed by atoms with Gasteiger partial charge in [0.25, 0.3) is 0 Å². The molecule has 2 rings (SSSR count). The smallest absolute Gasteiger partial charge is 0.0672 e. The third-order valence-corrected chi connectivity index (χ3v) is 3.65. The van der Waals surface area contributed by atoms with E-state index in [1.54, 1.807) is 6.20 Å². The van der Waals surface area contributed by atoms with E-state index in [0.29, 0.717) is 0 Å². The molecule has 19 heavy (non-hydrogen) atoms. The fourth-order valence-corrected chi connectivity index (χ4v) is 2.22. The van der Waals surface area contributed by atoms with E-state index < -0.39 is 0 Å². The second-order valence-corrected chi connectivity index (χ2v) is 5.41. The van der Waals surface area contributed by atoms with Gasteiger partial charge in [-0.05, 0) is 52.0 Å². The molecule has 0 saturated carbocycles. The average molecular weight is 320 g/mol. The molecule has 1 unspecified atom stereocenters. The summed E-state index contributed by atoms with van der Waals surface area (Å²) < 4.78 is 0.972. The lowest BCUT2D eigenvalue weighted by Crippen LogP contribution is -2.30. The van der Waals surface area contributed by atoms with Gasteiger partial charge in [-0.3, -0.25) is 16.3 Å². The van der Waals surface area contributed by atoms with Crippen LogP contribution >= 0.6 is 15.9 Å². The zero-order valence-corrected chi connectivity index (χ0v) is 12.5. The van der Waals surface area contributed by atoms with Gasteiger partial charge in [0, 0.05) is 10.7 Å². The van der Waals surface area contributed by atoms with E-state index in [9.17, 15) is 0 Å². The molecule has 1 atom stereocenters. The first kappa shape index (κ1) is 14.2. The summed E-state index contributed by atoms with van der Waals surface area (Å²) in [4.78, 5) is 4.39. The van der Waals surface area contributed by atoms with E-state index in [1.165, 1.54) is 11.1 Å². The van der Waals surface area contributed by atoms with Crippen LogP contribution in [0.1, 0.15) is 29.8 Å². The Morgan fingerprint density at radius 3 is 2.37 bits per heavy atom. The monoisotopic (exact) mass is 319 g/mol. The first-order chi connectivity index (χ1) is 9.22. The van der Waals surface area contributed by atoms with Gasteiger partial charge in [0.1, 0.15) is 0 Å². The SMILES string of the molecule is CCc1ccc(CC(NN)c2ccc(Br)cn2)cc1. The number of aryl methyl sites for hydroxylation is 1. The summed E-state index contributed by atoms with van der Waals surface area (Å²) in [5.74, 6) is 5.65. The predicted octanol–water partition coefficient (Wildman–Crippen LogP) is 3.15. The Morgan fingerprint density at radius 2 is 1.84 bits per heavy atom. The second-order valence-electron chi connectivity index (χ2n) is 4.49. The summed E-state index contributed by atoms with van der Waals surface area (Å²) in [7, 11) is 0. The van der Waals surface area contributed by atoms with Gasteiger partial charge in [0.15, 0.2) is 0 Å². The van der Waals surface area contributed by atoms with Crippen LogP contribution in [-0.2, 0) is 12.8 Å². The van der Waals surface area contributed by atoms with Gasteiger partial charge < -0.3 is 0 Å². The molecular formula is C15H18BrN3. The second kappa shape index (κ2) is 6.80. The molecule has 0 saturated heterocycles. The van der Waals surface area contributed by atoms with Crippen molar-refractivity contribution in [2.75, 3.05) is 0 Å². The summed E-state index contributed by atoms with van der Waals surface area (Å²) in [6.45, 7) is 2.16. The minimum Gasteiger partial charge on any atom is -0.271 e. The van der Waals surface area contributed by atoms with Gasteiger partial charge in [-0.15, -0.1) is 0 Å². The standard InChI is InChI=1S/C15H18BrN3/c1-2-11-3-5-12(6-4-11)9-15(19-17)14-8-7-13(16)10-18-14/h3-8,10,15,19H,2,9,17H2,1H3. The maximum absolute atomic E-state index is 5.65. The number of nitrogens with zero attached hydrogens (tertiary/aromatic N) is 1. The Kier molecular flexibility index (Phi) is 5.07. The van der Waals surface area contributed by atoms with Crippen molar-refractivity contribution in [3.05, 3.63) is 63.9 Å². The summed E-state index contributed by atoms with van der Waals surface area (Å²) >= 11 is 3.39. The van der Waals surface area contributed by atoms with Gasteiger partial charge in [-0.1, -0.05) is 31.2 Å². The first-order valence-electron chi connectivity index (χ1n) is 6.38. The molecule has 1 heterocycles. The molecule has 0 bridgehead atoms. The van der Waals surface area contributed by atoms with Gasteiger partial charge in [0.05, 0.1) is 11.7 Å². The molecule has 100 valence electrons. The van der Waals surface area contributed by atoms with Crippen LogP contribution in [0, 0.1) is 0 Å². The fraction of sp³-hybridized carbons (Fsp3) is 0.267. The minimum absolute atomic E-state index is 0.0283. The zero-order valence-electron chi connectivity index (χ0n) is 10.9. The quantitative estimate of drug-likeness (QED) is 0.657.